The Labute approximate surface area is 119 Å². The first kappa shape index (κ1) is 12.3. The number of methoxy groups -OCH3 is 1. The van der Waals surface area contributed by atoms with Crippen LogP contribution in [0.25, 0.3) is 11.0 Å². The molecule has 1 aromatic carbocycles. The Hall–Kier alpha value is -1.48. The summed E-state index contributed by atoms with van der Waals surface area (Å²) in [6.45, 7) is 0.825. The van der Waals surface area contributed by atoms with Crippen LogP contribution in [0.2, 0.25) is 0 Å². The molecule has 3 nitrogen and oxygen atoms in total. The van der Waals surface area contributed by atoms with Crippen molar-refractivity contribution in [3.05, 3.63) is 30.0 Å². The predicted molar refractivity (Wildman–Crippen MR) is 78.8 cm³/mol. The molecule has 3 atom stereocenters. The number of nitrogens with one attached hydrogen (secondary N) is 1. The Morgan fingerprint density at radius 3 is 3.00 bits per heavy atom. The molecule has 2 bridgehead atoms. The van der Waals surface area contributed by atoms with Crippen LogP contribution in [0.15, 0.2) is 28.7 Å². The molecule has 106 valence electrons. The van der Waals surface area contributed by atoms with Gasteiger partial charge < -0.3 is 14.5 Å². The van der Waals surface area contributed by atoms with Crippen LogP contribution in [-0.4, -0.2) is 13.2 Å². The van der Waals surface area contributed by atoms with Crippen molar-refractivity contribution in [2.75, 3.05) is 7.11 Å². The maximum atomic E-state index is 5.94. The average molecular weight is 271 g/mol. The Morgan fingerprint density at radius 2 is 2.25 bits per heavy atom. The lowest BCUT2D eigenvalue weighted by Gasteiger charge is -2.22. The first-order valence-electron chi connectivity index (χ1n) is 7.62. The molecule has 0 aliphatic heterocycles. The van der Waals surface area contributed by atoms with Gasteiger partial charge in [0, 0.05) is 11.4 Å². The smallest absolute Gasteiger partial charge is 0.176 e. The average Bonchev–Trinajstić information content (AvgIpc) is 3.18. The Kier molecular flexibility index (Phi) is 2.95. The van der Waals surface area contributed by atoms with Crippen LogP contribution in [-0.2, 0) is 6.54 Å². The first-order valence-corrected chi connectivity index (χ1v) is 7.62. The van der Waals surface area contributed by atoms with Gasteiger partial charge in [0.25, 0.3) is 0 Å². The molecule has 20 heavy (non-hydrogen) atoms. The number of hydrogen-bond acceptors (Lipinski definition) is 3. The van der Waals surface area contributed by atoms with Crippen LogP contribution < -0.4 is 10.1 Å². The van der Waals surface area contributed by atoms with Gasteiger partial charge in [-0.1, -0.05) is 18.6 Å². The van der Waals surface area contributed by atoms with E-state index < -0.39 is 0 Å². The zero-order chi connectivity index (χ0) is 13.5. The second-order valence-electron chi connectivity index (χ2n) is 6.25. The molecule has 2 fully saturated rings. The summed E-state index contributed by atoms with van der Waals surface area (Å²) < 4.78 is 11.3. The van der Waals surface area contributed by atoms with E-state index >= 15 is 0 Å². The monoisotopic (exact) mass is 271 g/mol. The van der Waals surface area contributed by atoms with Gasteiger partial charge >= 0.3 is 0 Å². The van der Waals surface area contributed by atoms with Crippen LogP contribution >= 0.6 is 0 Å². The number of fused-ring (bicyclic) bond motifs is 3. The van der Waals surface area contributed by atoms with Gasteiger partial charge in [-0.25, -0.2) is 0 Å². The minimum atomic E-state index is 0.698. The molecule has 2 aromatic rings. The standard InChI is InChI=1S/C17H21NO2/c1-19-16-4-2-3-13-9-14(20-17(13)16)10-18-15-8-11-5-6-12(15)7-11/h2-4,9,11-12,15,18H,5-8,10H2,1H3. The van der Waals surface area contributed by atoms with E-state index in [0.29, 0.717) is 6.04 Å². The maximum absolute atomic E-state index is 5.94. The van der Waals surface area contributed by atoms with E-state index in [9.17, 15) is 0 Å². The van der Waals surface area contributed by atoms with Crippen molar-refractivity contribution in [3.8, 4) is 5.75 Å². The van der Waals surface area contributed by atoms with Gasteiger partial charge in [-0.15, -0.1) is 0 Å². The van der Waals surface area contributed by atoms with Crippen molar-refractivity contribution < 1.29 is 9.15 Å². The van der Waals surface area contributed by atoms with E-state index in [1.807, 2.05) is 12.1 Å². The highest BCUT2D eigenvalue weighted by molar-refractivity contribution is 5.83. The van der Waals surface area contributed by atoms with Gasteiger partial charge in [-0.05, 0) is 43.2 Å². The van der Waals surface area contributed by atoms with Gasteiger partial charge in [0.2, 0.25) is 0 Å². The van der Waals surface area contributed by atoms with Crippen LogP contribution in [0, 0.1) is 11.8 Å². The summed E-state index contributed by atoms with van der Waals surface area (Å²) in [5, 5.41) is 4.81. The summed E-state index contributed by atoms with van der Waals surface area (Å²) in [6.07, 6.45) is 5.65. The number of rotatable bonds is 4. The highest BCUT2D eigenvalue weighted by Crippen LogP contribution is 2.44. The molecule has 0 amide bonds. The fourth-order valence-electron chi connectivity index (χ4n) is 4.06. The normalized spacial score (nSPS) is 28.4. The summed E-state index contributed by atoms with van der Waals surface area (Å²) in [5.74, 6) is 3.70. The number of para-hydroxylation sites is 1. The Balaban J connectivity index is 1.49. The van der Waals surface area contributed by atoms with Crippen LogP contribution in [0.1, 0.15) is 31.4 Å². The highest BCUT2D eigenvalue weighted by atomic mass is 16.5. The third kappa shape index (κ3) is 2.01. The largest absolute Gasteiger partial charge is 0.493 e. The van der Waals surface area contributed by atoms with Gasteiger partial charge in [0.1, 0.15) is 5.76 Å². The van der Waals surface area contributed by atoms with Crippen molar-refractivity contribution in [1.82, 2.24) is 5.32 Å². The van der Waals surface area contributed by atoms with E-state index in [1.165, 1.54) is 25.7 Å². The molecule has 2 aliphatic rings. The van der Waals surface area contributed by atoms with Gasteiger partial charge in [-0.3, -0.25) is 0 Å². The zero-order valence-corrected chi connectivity index (χ0v) is 11.9. The van der Waals surface area contributed by atoms with E-state index in [-0.39, 0.29) is 0 Å². The maximum Gasteiger partial charge on any atom is 0.176 e. The number of benzene rings is 1. The molecule has 3 heteroatoms. The van der Waals surface area contributed by atoms with Crippen LogP contribution in [0.3, 0.4) is 0 Å². The molecule has 1 aromatic heterocycles. The summed E-state index contributed by atoms with van der Waals surface area (Å²) in [7, 11) is 1.68. The second kappa shape index (κ2) is 4.81. The lowest BCUT2D eigenvalue weighted by Crippen LogP contribution is -2.33. The lowest BCUT2D eigenvalue weighted by molar-refractivity contribution is 0.338. The SMILES string of the molecule is COc1cccc2cc(CNC3CC4CCC3C4)oc12. The Morgan fingerprint density at radius 1 is 1.30 bits per heavy atom. The minimum absolute atomic E-state index is 0.698. The van der Waals surface area contributed by atoms with Crippen LogP contribution in [0.5, 0.6) is 5.75 Å². The van der Waals surface area contributed by atoms with E-state index in [4.69, 9.17) is 9.15 Å². The summed E-state index contributed by atoms with van der Waals surface area (Å²) in [4.78, 5) is 0. The van der Waals surface area contributed by atoms with Crippen molar-refractivity contribution >= 4 is 11.0 Å². The molecule has 0 spiro atoms. The van der Waals surface area contributed by atoms with Crippen molar-refractivity contribution in [3.63, 3.8) is 0 Å². The molecule has 2 saturated carbocycles. The highest BCUT2D eigenvalue weighted by Gasteiger charge is 2.39. The van der Waals surface area contributed by atoms with E-state index in [1.54, 1.807) is 7.11 Å². The molecule has 1 heterocycles. The third-order valence-electron chi connectivity index (χ3n) is 5.06. The Bertz CT molecular complexity index is 618. The van der Waals surface area contributed by atoms with Crippen molar-refractivity contribution in [2.24, 2.45) is 11.8 Å². The molecule has 4 rings (SSSR count). The van der Waals surface area contributed by atoms with Crippen molar-refractivity contribution in [1.29, 1.82) is 0 Å². The quantitative estimate of drug-likeness (QED) is 0.920. The fraction of sp³-hybridized carbons (Fsp3) is 0.529. The molecule has 2 aliphatic carbocycles. The molecular weight excluding hydrogens is 250 g/mol. The zero-order valence-electron chi connectivity index (χ0n) is 11.9. The van der Waals surface area contributed by atoms with E-state index in [0.717, 1.165) is 40.9 Å². The van der Waals surface area contributed by atoms with Crippen LogP contribution in [0.4, 0.5) is 0 Å². The number of hydrogen-bond donors (Lipinski definition) is 1. The van der Waals surface area contributed by atoms with Crippen molar-refractivity contribution in [2.45, 2.75) is 38.3 Å². The van der Waals surface area contributed by atoms with Gasteiger partial charge in [-0.2, -0.15) is 0 Å². The predicted octanol–water partition coefficient (Wildman–Crippen LogP) is 3.72. The lowest BCUT2D eigenvalue weighted by atomic mass is 9.95. The second-order valence-corrected chi connectivity index (χ2v) is 6.25. The molecule has 3 unspecified atom stereocenters. The minimum Gasteiger partial charge on any atom is -0.493 e. The molecule has 0 radical (unpaired) electrons. The summed E-state index contributed by atoms with van der Waals surface area (Å²) in [6, 6.07) is 8.84. The van der Waals surface area contributed by atoms with E-state index in [2.05, 4.69) is 17.4 Å². The summed E-state index contributed by atoms with van der Waals surface area (Å²) in [5.41, 5.74) is 0.861. The number of ether oxygens (including phenoxy) is 1. The van der Waals surface area contributed by atoms with Gasteiger partial charge in [0.05, 0.1) is 13.7 Å². The molecular formula is C17H21NO2. The molecule has 0 saturated heterocycles. The first-order chi connectivity index (χ1) is 9.83. The van der Waals surface area contributed by atoms with Gasteiger partial charge in [0.15, 0.2) is 11.3 Å². The molecule has 1 N–H and O–H groups in total. The third-order valence-corrected chi connectivity index (χ3v) is 5.06. The summed E-state index contributed by atoms with van der Waals surface area (Å²) >= 11 is 0. The fourth-order valence-corrected chi connectivity index (χ4v) is 4.06. The number of furan rings is 1. The topological polar surface area (TPSA) is 34.4 Å².